The largest absolute Gasteiger partial charge is 0.493 e. The first-order chi connectivity index (χ1) is 13.5. The Morgan fingerprint density at radius 1 is 1.43 bits per heavy atom. The van der Waals surface area contributed by atoms with E-state index in [1.54, 1.807) is 30.5 Å². The van der Waals surface area contributed by atoms with E-state index in [1.165, 1.54) is 7.11 Å². The summed E-state index contributed by atoms with van der Waals surface area (Å²) in [6, 6.07) is 7.00. The summed E-state index contributed by atoms with van der Waals surface area (Å²) in [6.07, 6.45) is 2.19. The van der Waals surface area contributed by atoms with E-state index in [0.717, 1.165) is 5.70 Å². The van der Waals surface area contributed by atoms with Crippen LogP contribution in [0.5, 0.6) is 5.75 Å². The van der Waals surface area contributed by atoms with Gasteiger partial charge in [-0.1, -0.05) is 29.9 Å². The number of aromatic nitrogens is 2. The third-order valence-electron chi connectivity index (χ3n) is 4.05. The molecule has 1 aromatic carbocycles. The van der Waals surface area contributed by atoms with E-state index in [1.807, 2.05) is 0 Å². The highest BCUT2D eigenvalue weighted by Crippen LogP contribution is 2.33. The number of nitrogens with one attached hydrogen (secondary N) is 3. The fraction of sp³-hybridized carbons (Fsp3) is 0.222. The normalized spacial score (nSPS) is 13.7. The molecule has 8 nitrogen and oxygen atoms in total. The van der Waals surface area contributed by atoms with E-state index in [9.17, 15) is 4.79 Å². The van der Waals surface area contributed by atoms with Gasteiger partial charge in [0.1, 0.15) is 4.99 Å². The average molecular weight is 419 g/mol. The van der Waals surface area contributed by atoms with Crippen LogP contribution in [0.3, 0.4) is 0 Å². The molecule has 0 fully saturated rings. The molecule has 0 spiro atoms. The second-order valence-corrected chi connectivity index (χ2v) is 6.71. The minimum atomic E-state index is -0.255. The van der Waals surface area contributed by atoms with Crippen molar-refractivity contribution in [3.8, 4) is 5.75 Å². The van der Waals surface area contributed by atoms with Gasteiger partial charge in [-0.05, 0) is 18.2 Å². The van der Waals surface area contributed by atoms with E-state index in [2.05, 4.69) is 25.9 Å². The standard InChI is InChI=1S/C18H19ClN6O2S/c1-27-15-11(19)3-2-4-13(15)25-17(28)14-12(6-8-21-16(14)26)23-9-10-5-7-22-18(20)24-10/h2-5,7,23H,6,8-9H2,1H3,(H,21,26)(H,25,28)(H2,20,22,24). The Kier molecular flexibility index (Phi) is 6.27. The van der Waals surface area contributed by atoms with Gasteiger partial charge in [-0.3, -0.25) is 4.79 Å². The summed E-state index contributed by atoms with van der Waals surface area (Å²) in [7, 11) is 1.52. The fourth-order valence-electron chi connectivity index (χ4n) is 2.78. The molecule has 0 bridgehead atoms. The molecular formula is C18H19ClN6O2S. The summed E-state index contributed by atoms with van der Waals surface area (Å²) >= 11 is 11.7. The maximum atomic E-state index is 12.5. The molecule has 1 amide bonds. The zero-order chi connectivity index (χ0) is 20.1. The lowest BCUT2D eigenvalue weighted by atomic mass is 10.1. The number of benzene rings is 1. The minimum Gasteiger partial charge on any atom is -0.493 e. The van der Waals surface area contributed by atoms with Gasteiger partial charge in [0.15, 0.2) is 5.75 Å². The van der Waals surface area contributed by atoms with Crippen LogP contribution < -0.4 is 26.4 Å². The number of carbonyl (C=O) groups is 1. The number of methoxy groups -OCH3 is 1. The van der Waals surface area contributed by atoms with Crippen LogP contribution in [0.25, 0.3) is 0 Å². The lowest BCUT2D eigenvalue weighted by molar-refractivity contribution is -0.117. The Bertz CT molecular complexity index is 949. The van der Waals surface area contributed by atoms with Crippen LogP contribution in [0.4, 0.5) is 11.6 Å². The summed E-state index contributed by atoms with van der Waals surface area (Å²) < 4.78 is 5.32. The Balaban J connectivity index is 1.83. The molecule has 2 heterocycles. The zero-order valence-electron chi connectivity index (χ0n) is 15.1. The topological polar surface area (TPSA) is 114 Å². The third-order valence-corrected chi connectivity index (χ3v) is 4.65. The number of nitrogens with two attached hydrogens (primary N) is 1. The van der Waals surface area contributed by atoms with Crippen molar-refractivity contribution in [2.24, 2.45) is 0 Å². The highest BCUT2D eigenvalue weighted by molar-refractivity contribution is 7.81. The molecular weight excluding hydrogens is 400 g/mol. The molecule has 0 atom stereocenters. The molecule has 0 aliphatic carbocycles. The van der Waals surface area contributed by atoms with Crippen LogP contribution in [0.15, 0.2) is 41.7 Å². The van der Waals surface area contributed by atoms with Crippen molar-refractivity contribution < 1.29 is 9.53 Å². The molecule has 0 unspecified atom stereocenters. The summed E-state index contributed by atoms with van der Waals surface area (Å²) in [5, 5.41) is 9.55. The molecule has 3 rings (SSSR count). The zero-order valence-corrected chi connectivity index (χ0v) is 16.7. The molecule has 1 aliphatic heterocycles. The van der Waals surface area contributed by atoms with Gasteiger partial charge in [0.25, 0.3) is 5.91 Å². The molecule has 0 saturated heterocycles. The number of ether oxygens (including phenoxy) is 1. The SMILES string of the molecule is COc1c(Cl)cccc1NC(=S)C1=C(NCc2ccnc(N)n2)CCNC1=O. The number of hydrogen-bond donors (Lipinski definition) is 4. The van der Waals surface area contributed by atoms with Crippen molar-refractivity contribution in [3.05, 3.63) is 52.4 Å². The maximum Gasteiger partial charge on any atom is 0.256 e. The predicted molar refractivity (Wildman–Crippen MR) is 112 cm³/mol. The number of para-hydroxylation sites is 1. The lowest BCUT2D eigenvalue weighted by Gasteiger charge is -2.23. The number of carbonyl (C=O) groups excluding carboxylic acids is 1. The second-order valence-electron chi connectivity index (χ2n) is 5.89. The van der Waals surface area contributed by atoms with Gasteiger partial charge < -0.3 is 26.4 Å². The quantitative estimate of drug-likeness (QED) is 0.527. The molecule has 1 aromatic heterocycles. The van der Waals surface area contributed by atoms with Crippen molar-refractivity contribution in [1.82, 2.24) is 20.6 Å². The number of nitrogens with zero attached hydrogens (tertiary/aromatic N) is 2. The van der Waals surface area contributed by atoms with Gasteiger partial charge in [0.2, 0.25) is 5.95 Å². The molecule has 146 valence electrons. The van der Waals surface area contributed by atoms with Gasteiger partial charge in [-0.2, -0.15) is 0 Å². The summed E-state index contributed by atoms with van der Waals surface area (Å²) in [5.74, 6) is 0.392. The van der Waals surface area contributed by atoms with E-state index < -0.39 is 0 Å². The molecule has 1 aliphatic rings. The van der Waals surface area contributed by atoms with E-state index in [-0.39, 0.29) is 16.8 Å². The maximum absolute atomic E-state index is 12.5. The van der Waals surface area contributed by atoms with E-state index >= 15 is 0 Å². The number of halogens is 1. The number of nitrogen functional groups attached to an aromatic ring is 1. The van der Waals surface area contributed by atoms with Crippen molar-refractivity contribution >= 4 is 46.4 Å². The van der Waals surface area contributed by atoms with Gasteiger partial charge in [-0.15, -0.1) is 0 Å². The van der Waals surface area contributed by atoms with Crippen molar-refractivity contribution in [3.63, 3.8) is 0 Å². The van der Waals surface area contributed by atoms with Crippen LogP contribution in [0.2, 0.25) is 5.02 Å². The van der Waals surface area contributed by atoms with Crippen molar-refractivity contribution in [1.29, 1.82) is 0 Å². The van der Waals surface area contributed by atoms with Crippen LogP contribution in [0.1, 0.15) is 12.1 Å². The Morgan fingerprint density at radius 2 is 2.25 bits per heavy atom. The van der Waals surface area contributed by atoms with E-state index in [4.69, 9.17) is 34.3 Å². The molecule has 28 heavy (non-hydrogen) atoms. The van der Waals surface area contributed by atoms with Crippen molar-refractivity contribution in [2.45, 2.75) is 13.0 Å². The van der Waals surface area contributed by atoms with Gasteiger partial charge in [0, 0.05) is 24.9 Å². The molecule has 10 heteroatoms. The summed E-state index contributed by atoms with van der Waals surface area (Å²) in [4.78, 5) is 20.8. The monoisotopic (exact) mass is 418 g/mol. The number of rotatable bonds is 6. The molecule has 0 saturated carbocycles. The van der Waals surface area contributed by atoms with Crippen LogP contribution in [-0.2, 0) is 11.3 Å². The summed E-state index contributed by atoms with van der Waals surface area (Å²) in [5.41, 5.74) is 7.99. The first kappa shape index (κ1) is 19.8. The number of hydrogen-bond acceptors (Lipinski definition) is 7. The summed E-state index contributed by atoms with van der Waals surface area (Å²) in [6.45, 7) is 0.904. The van der Waals surface area contributed by atoms with Gasteiger partial charge >= 0.3 is 0 Å². The smallest absolute Gasteiger partial charge is 0.256 e. The second kappa shape index (κ2) is 8.85. The highest BCUT2D eigenvalue weighted by Gasteiger charge is 2.25. The van der Waals surface area contributed by atoms with E-state index in [0.29, 0.717) is 47.2 Å². The molecule has 0 radical (unpaired) electrons. The van der Waals surface area contributed by atoms with Crippen LogP contribution >= 0.6 is 23.8 Å². The van der Waals surface area contributed by atoms with Crippen LogP contribution in [-0.4, -0.2) is 34.5 Å². The number of amides is 1. The van der Waals surface area contributed by atoms with Gasteiger partial charge in [-0.25, -0.2) is 9.97 Å². The van der Waals surface area contributed by atoms with Crippen LogP contribution in [0, 0.1) is 0 Å². The minimum absolute atomic E-state index is 0.195. The number of anilines is 2. The first-order valence-corrected chi connectivity index (χ1v) is 9.24. The fourth-order valence-corrected chi connectivity index (χ4v) is 3.35. The molecule has 2 aromatic rings. The Hall–Kier alpha value is -2.91. The Morgan fingerprint density at radius 3 is 3.00 bits per heavy atom. The van der Waals surface area contributed by atoms with Gasteiger partial charge in [0.05, 0.1) is 35.6 Å². The molecule has 5 N–H and O–H groups in total. The first-order valence-electron chi connectivity index (χ1n) is 8.46. The lowest BCUT2D eigenvalue weighted by Crippen LogP contribution is -2.39. The average Bonchev–Trinajstić information content (AvgIpc) is 2.66. The Labute approximate surface area is 172 Å². The van der Waals surface area contributed by atoms with Crippen molar-refractivity contribution in [2.75, 3.05) is 24.7 Å². The predicted octanol–water partition coefficient (Wildman–Crippen LogP) is 2.02. The highest BCUT2D eigenvalue weighted by atomic mass is 35.5. The number of thiocarbonyl (C=S) groups is 1. The third kappa shape index (κ3) is 4.49.